The van der Waals surface area contributed by atoms with Gasteiger partial charge in [-0.2, -0.15) is 0 Å². The minimum atomic E-state index is 0.619. The molecule has 2 nitrogen and oxygen atoms in total. The van der Waals surface area contributed by atoms with Gasteiger partial charge in [0.15, 0.2) is 0 Å². The number of nitrogens with zero attached hydrogens (tertiary/aromatic N) is 1. The minimum absolute atomic E-state index is 0.619. The van der Waals surface area contributed by atoms with Crippen molar-refractivity contribution in [1.82, 2.24) is 10.2 Å². The highest BCUT2D eigenvalue weighted by molar-refractivity contribution is 4.65. The van der Waals surface area contributed by atoms with Crippen LogP contribution < -0.4 is 5.32 Å². The van der Waals surface area contributed by atoms with Crippen LogP contribution in [0.1, 0.15) is 47.0 Å². The van der Waals surface area contributed by atoms with Gasteiger partial charge in [-0.3, -0.25) is 0 Å². The summed E-state index contributed by atoms with van der Waals surface area (Å²) >= 11 is 0. The summed E-state index contributed by atoms with van der Waals surface area (Å²) in [6, 6.07) is 1.39. The van der Waals surface area contributed by atoms with Gasteiger partial charge in [-0.05, 0) is 39.4 Å². The first-order valence-electron chi connectivity index (χ1n) is 6.05. The van der Waals surface area contributed by atoms with Gasteiger partial charge in [0, 0.05) is 12.1 Å². The Morgan fingerprint density at radius 2 is 1.71 bits per heavy atom. The maximum atomic E-state index is 3.45. The van der Waals surface area contributed by atoms with Gasteiger partial charge in [-0.25, -0.2) is 0 Å². The number of nitrogens with one attached hydrogen (secondary N) is 1. The molecule has 0 fully saturated rings. The van der Waals surface area contributed by atoms with Crippen LogP contribution in [0.25, 0.3) is 0 Å². The third kappa shape index (κ3) is 6.39. The van der Waals surface area contributed by atoms with Crippen molar-refractivity contribution in [1.29, 1.82) is 0 Å². The van der Waals surface area contributed by atoms with Crippen molar-refractivity contribution in [2.45, 2.75) is 59.0 Å². The average Bonchev–Trinajstić information content (AvgIpc) is 2.14. The molecule has 0 aliphatic rings. The van der Waals surface area contributed by atoms with Crippen LogP contribution in [0.2, 0.25) is 0 Å². The van der Waals surface area contributed by atoms with Crippen LogP contribution in [0.3, 0.4) is 0 Å². The van der Waals surface area contributed by atoms with Crippen molar-refractivity contribution >= 4 is 0 Å². The first-order chi connectivity index (χ1) is 6.61. The van der Waals surface area contributed by atoms with Crippen molar-refractivity contribution in [3.05, 3.63) is 0 Å². The summed E-state index contributed by atoms with van der Waals surface area (Å²) in [5, 5.41) is 3.45. The molecule has 86 valence electrons. The Balaban J connectivity index is 3.47. The molecular weight excluding hydrogens is 172 g/mol. The third-order valence-corrected chi connectivity index (χ3v) is 2.81. The second-order valence-electron chi connectivity index (χ2n) is 4.41. The van der Waals surface area contributed by atoms with Crippen molar-refractivity contribution in [3.63, 3.8) is 0 Å². The molecule has 0 aromatic carbocycles. The van der Waals surface area contributed by atoms with Crippen LogP contribution in [-0.4, -0.2) is 37.1 Å². The highest BCUT2D eigenvalue weighted by Gasteiger charge is 2.08. The second kappa shape index (κ2) is 8.25. The number of hydrogen-bond acceptors (Lipinski definition) is 2. The van der Waals surface area contributed by atoms with Crippen molar-refractivity contribution in [2.75, 3.05) is 20.1 Å². The smallest absolute Gasteiger partial charge is 0.00869 e. The number of hydrogen-bond donors (Lipinski definition) is 1. The molecule has 1 N–H and O–H groups in total. The van der Waals surface area contributed by atoms with E-state index in [4.69, 9.17) is 0 Å². The largest absolute Gasteiger partial charge is 0.314 e. The molecule has 0 aromatic rings. The van der Waals surface area contributed by atoms with E-state index >= 15 is 0 Å². The molecule has 0 unspecified atom stereocenters. The fraction of sp³-hybridized carbons (Fsp3) is 1.00. The molecule has 0 atom stereocenters. The zero-order chi connectivity index (χ0) is 11.0. The predicted octanol–water partition coefficient (Wildman–Crippen LogP) is 2.49. The van der Waals surface area contributed by atoms with Crippen LogP contribution in [-0.2, 0) is 0 Å². The van der Waals surface area contributed by atoms with E-state index in [2.05, 4.69) is 45.0 Å². The Morgan fingerprint density at radius 3 is 2.14 bits per heavy atom. The van der Waals surface area contributed by atoms with Crippen LogP contribution in [0.4, 0.5) is 0 Å². The molecule has 0 rings (SSSR count). The SMILES string of the molecule is CCC(CC)N(C)CCCNC(C)C. The van der Waals surface area contributed by atoms with Gasteiger partial charge in [0.05, 0.1) is 0 Å². The maximum absolute atomic E-state index is 3.45. The quantitative estimate of drug-likeness (QED) is 0.606. The molecule has 0 heterocycles. The molecule has 14 heavy (non-hydrogen) atoms. The van der Waals surface area contributed by atoms with Gasteiger partial charge in [0.1, 0.15) is 0 Å². The normalized spacial score (nSPS) is 12.0. The van der Waals surface area contributed by atoms with Crippen molar-refractivity contribution < 1.29 is 0 Å². The molecule has 0 aliphatic carbocycles. The van der Waals surface area contributed by atoms with Gasteiger partial charge in [0.25, 0.3) is 0 Å². The van der Waals surface area contributed by atoms with Gasteiger partial charge in [0.2, 0.25) is 0 Å². The summed E-state index contributed by atoms with van der Waals surface area (Å²) < 4.78 is 0. The average molecular weight is 200 g/mol. The van der Waals surface area contributed by atoms with E-state index in [0.717, 1.165) is 12.6 Å². The maximum Gasteiger partial charge on any atom is 0.00869 e. The standard InChI is InChI=1S/C12H28N2/c1-6-12(7-2)14(5)10-8-9-13-11(3)4/h11-13H,6-10H2,1-5H3. The van der Waals surface area contributed by atoms with Crippen molar-refractivity contribution in [2.24, 2.45) is 0 Å². The highest BCUT2D eigenvalue weighted by Crippen LogP contribution is 2.05. The molecule has 0 saturated carbocycles. The van der Waals surface area contributed by atoms with E-state index in [1.807, 2.05) is 0 Å². The minimum Gasteiger partial charge on any atom is -0.314 e. The monoisotopic (exact) mass is 200 g/mol. The van der Waals surface area contributed by atoms with Crippen molar-refractivity contribution in [3.8, 4) is 0 Å². The molecule has 0 amide bonds. The second-order valence-corrected chi connectivity index (χ2v) is 4.41. The van der Waals surface area contributed by atoms with Crippen LogP contribution in [0, 0.1) is 0 Å². The Hall–Kier alpha value is -0.0800. The van der Waals surface area contributed by atoms with Crippen LogP contribution >= 0.6 is 0 Å². The Bertz CT molecular complexity index is 119. The Kier molecular flexibility index (Phi) is 8.20. The van der Waals surface area contributed by atoms with E-state index in [-0.39, 0.29) is 0 Å². The summed E-state index contributed by atoms with van der Waals surface area (Å²) in [5.41, 5.74) is 0. The zero-order valence-corrected chi connectivity index (χ0v) is 10.6. The molecule has 0 aliphatic heterocycles. The van der Waals surface area contributed by atoms with E-state index in [1.165, 1.54) is 25.8 Å². The van der Waals surface area contributed by atoms with E-state index in [1.54, 1.807) is 0 Å². The van der Waals surface area contributed by atoms with Gasteiger partial charge >= 0.3 is 0 Å². The molecule has 0 bridgehead atoms. The molecule has 0 saturated heterocycles. The van der Waals surface area contributed by atoms with Gasteiger partial charge in [-0.1, -0.05) is 27.7 Å². The van der Waals surface area contributed by atoms with Crippen LogP contribution in [0.15, 0.2) is 0 Å². The van der Waals surface area contributed by atoms with E-state index in [9.17, 15) is 0 Å². The molecule has 0 spiro atoms. The molecule has 0 aromatic heterocycles. The van der Waals surface area contributed by atoms with Gasteiger partial charge < -0.3 is 10.2 Å². The number of rotatable bonds is 8. The molecule has 2 heteroatoms. The summed E-state index contributed by atoms with van der Waals surface area (Å²) in [6.45, 7) is 11.3. The lowest BCUT2D eigenvalue weighted by molar-refractivity contribution is 0.226. The highest BCUT2D eigenvalue weighted by atomic mass is 15.1. The fourth-order valence-electron chi connectivity index (χ4n) is 1.81. The summed E-state index contributed by atoms with van der Waals surface area (Å²) in [7, 11) is 2.24. The Labute approximate surface area is 90.1 Å². The van der Waals surface area contributed by atoms with Crippen LogP contribution in [0.5, 0.6) is 0 Å². The summed E-state index contributed by atoms with van der Waals surface area (Å²) in [4.78, 5) is 2.49. The van der Waals surface area contributed by atoms with E-state index < -0.39 is 0 Å². The Morgan fingerprint density at radius 1 is 1.14 bits per heavy atom. The zero-order valence-electron chi connectivity index (χ0n) is 10.6. The lowest BCUT2D eigenvalue weighted by atomic mass is 10.1. The first kappa shape index (κ1) is 13.9. The molecular formula is C12H28N2. The topological polar surface area (TPSA) is 15.3 Å². The molecule has 0 radical (unpaired) electrons. The first-order valence-corrected chi connectivity index (χ1v) is 6.05. The summed E-state index contributed by atoms with van der Waals surface area (Å²) in [6.07, 6.45) is 3.79. The van der Waals surface area contributed by atoms with E-state index in [0.29, 0.717) is 6.04 Å². The van der Waals surface area contributed by atoms with Gasteiger partial charge in [-0.15, -0.1) is 0 Å². The summed E-state index contributed by atoms with van der Waals surface area (Å²) in [5.74, 6) is 0. The fourth-order valence-corrected chi connectivity index (χ4v) is 1.81. The predicted molar refractivity (Wildman–Crippen MR) is 64.8 cm³/mol. The lowest BCUT2D eigenvalue weighted by Gasteiger charge is -2.26. The lowest BCUT2D eigenvalue weighted by Crippen LogP contribution is -2.33. The third-order valence-electron chi connectivity index (χ3n) is 2.81.